The van der Waals surface area contributed by atoms with Gasteiger partial charge in [-0.15, -0.1) is 0 Å². The summed E-state index contributed by atoms with van der Waals surface area (Å²) in [4.78, 5) is 8.42. The summed E-state index contributed by atoms with van der Waals surface area (Å²) >= 11 is 0. The van der Waals surface area contributed by atoms with Crippen molar-refractivity contribution in [1.82, 2.24) is 9.97 Å². The number of rotatable bonds is 3. The number of anilines is 1. The minimum atomic E-state index is 0.504. The molecule has 1 aromatic heterocycles. The summed E-state index contributed by atoms with van der Waals surface area (Å²) in [5, 5.41) is 3.33. The van der Waals surface area contributed by atoms with Gasteiger partial charge >= 0.3 is 0 Å². The van der Waals surface area contributed by atoms with E-state index in [1.165, 1.54) is 25.7 Å². The van der Waals surface area contributed by atoms with Crippen LogP contribution in [0.25, 0.3) is 0 Å². The Hall–Kier alpha value is -1.16. The Bertz CT molecular complexity index is 277. The molecule has 1 aliphatic carbocycles. The van der Waals surface area contributed by atoms with Gasteiger partial charge in [-0.05, 0) is 12.8 Å². The highest BCUT2D eigenvalue weighted by molar-refractivity contribution is 5.26. The van der Waals surface area contributed by atoms with Crippen molar-refractivity contribution >= 4 is 5.95 Å². The van der Waals surface area contributed by atoms with Crippen molar-refractivity contribution in [2.24, 2.45) is 5.73 Å². The molecule has 1 fully saturated rings. The molecule has 3 N–H and O–H groups in total. The second kappa shape index (κ2) is 4.37. The largest absolute Gasteiger partial charge is 0.351 e. The second-order valence-corrected chi connectivity index (χ2v) is 3.74. The lowest BCUT2D eigenvalue weighted by atomic mass is 10.2. The van der Waals surface area contributed by atoms with Crippen LogP contribution in [0, 0.1) is 0 Å². The minimum absolute atomic E-state index is 0.504. The molecule has 0 amide bonds. The maximum Gasteiger partial charge on any atom is 0.222 e. The van der Waals surface area contributed by atoms with Crippen molar-refractivity contribution in [1.29, 1.82) is 0 Å². The Morgan fingerprint density at radius 2 is 1.93 bits per heavy atom. The Labute approximate surface area is 83.9 Å². The highest BCUT2D eigenvalue weighted by atomic mass is 15.1. The van der Waals surface area contributed by atoms with E-state index in [1.807, 2.05) is 0 Å². The van der Waals surface area contributed by atoms with E-state index < -0.39 is 0 Å². The van der Waals surface area contributed by atoms with Gasteiger partial charge in [-0.1, -0.05) is 12.8 Å². The summed E-state index contributed by atoms with van der Waals surface area (Å²) < 4.78 is 0. The molecule has 0 aromatic carbocycles. The molecule has 0 bridgehead atoms. The first-order valence-electron chi connectivity index (χ1n) is 5.16. The summed E-state index contributed by atoms with van der Waals surface area (Å²) in [5.74, 6) is 0.731. The molecule has 0 spiro atoms. The van der Waals surface area contributed by atoms with Gasteiger partial charge in [0.1, 0.15) is 0 Å². The molecule has 4 heteroatoms. The van der Waals surface area contributed by atoms with Gasteiger partial charge in [-0.3, -0.25) is 0 Å². The number of hydrogen-bond acceptors (Lipinski definition) is 4. The Balaban J connectivity index is 1.95. The van der Waals surface area contributed by atoms with Crippen molar-refractivity contribution in [2.75, 3.05) is 5.32 Å². The van der Waals surface area contributed by atoms with Crippen LogP contribution in [0.3, 0.4) is 0 Å². The molecule has 0 aliphatic heterocycles. The maximum atomic E-state index is 5.46. The molecule has 0 atom stereocenters. The van der Waals surface area contributed by atoms with Crippen molar-refractivity contribution in [3.05, 3.63) is 18.0 Å². The lowest BCUT2D eigenvalue weighted by molar-refractivity contribution is 0.743. The van der Waals surface area contributed by atoms with Crippen molar-refractivity contribution in [3.8, 4) is 0 Å². The van der Waals surface area contributed by atoms with Gasteiger partial charge in [0.05, 0.1) is 0 Å². The molecule has 0 saturated heterocycles. The minimum Gasteiger partial charge on any atom is -0.351 e. The molecule has 76 valence electrons. The SMILES string of the molecule is NCc1cnc(NC2CCCC2)nc1. The molecule has 0 unspecified atom stereocenters. The summed E-state index contributed by atoms with van der Waals surface area (Å²) in [6, 6.07) is 0.568. The first-order valence-corrected chi connectivity index (χ1v) is 5.16. The van der Waals surface area contributed by atoms with E-state index in [0.717, 1.165) is 11.5 Å². The zero-order chi connectivity index (χ0) is 9.80. The van der Waals surface area contributed by atoms with Crippen molar-refractivity contribution in [2.45, 2.75) is 38.3 Å². The molecule has 1 saturated carbocycles. The normalized spacial score (nSPS) is 17.2. The average molecular weight is 192 g/mol. The fourth-order valence-electron chi connectivity index (χ4n) is 1.79. The van der Waals surface area contributed by atoms with Crippen LogP contribution in [0.15, 0.2) is 12.4 Å². The second-order valence-electron chi connectivity index (χ2n) is 3.74. The van der Waals surface area contributed by atoms with Crippen LogP contribution >= 0.6 is 0 Å². The van der Waals surface area contributed by atoms with Crippen LogP contribution in [0.4, 0.5) is 5.95 Å². The highest BCUT2D eigenvalue weighted by Crippen LogP contribution is 2.20. The first kappa shape index (κ1) is 9.40. The zero-order valence-corrected chi connectivity index (χ0v) is 8.24. The third-order valence-corrected chi connectivity index (χ3v) is 2.63. The Morgan fingerprint density at radius 1 is 1.29 bits per heavy atom. The molecule has 1 heterocycles. The molecular weight excluding hydrogens is 176 g/mol. The monoisotopic (exact) mass is 192 g/mol. The third kappa shape index (κ3) is 2.20. The smallest absolute Gasteiger partial charge is 0.222 e. The van der Waals surface area contributed by atoms with Gasteiger partial charge in [0.15, 0.2) is 0 Å². The van der Waals surface area contributed by atoms with E-state index in [1.54, 1.807) is 12.4 Å². The molecule has 4 nitrogen and oxygen atoms in total. The van der Waals surface area contributed by atoms with Crippen LogP contribution in [0.2, 0.25) is 0 Å². The Morgan fingerprint density at radius 3 is 2.50 bits per heavy atom. The molecular formula is C10H16N4. The van der Waals surface area contributed by atoms with Crippen molar-refractivity contribution < 1.29 is 0 Å². The van der Waals surface area contributed by atoms with Crippen LogP contribution in [-0.2, 0) is 6.54 Å². The lowest BCUT2D eigenvalue weighted by Crippen LogP contribution is -2.16. The standard InChI is InChI=1S/C10H16N4/c11-5-8-6-12-10(13-7-8)14-9-3-1-2-4-9/h6-7,9H,1-5,11H2,(H,12,13,14). The van der Waals surface area contributed by atoms with Gasteiger partial charge in [-0.2, -0.15) is 0 Å². The van der Waals surface area contributed by atoms with Crippen LogP contribution in [-0.4, -0.2) is 16.0 Å². The van der Waals surface area contributed by atoms with Gasteiger partial charge in [0.25, 0.3) is 0 Å². The predicted octanol–water partition coefficient (Wildman–Crippen LogP) is 1.29. The first-order chi connectivity index (χ1) is 6.88. The molecule has 0 radical (unpaired) electrons. The van der Waals surface area contributed by atoms with E-state index in [2.05, 4.69) is 15.3 Å². The van der Waals surface area contributed by atoms with Crippen molar-refractivity contribution in [3.63, 3.8) is 0 Å². The molecule has 2 rings (SSSR count). The average Bonchev–Trinajstić information content (AvgIpc) is 2.72. The van der Waals surface area contributed by atoms with Crippen LogP contribution in [0.1, 0.15) is 31.2 Å². The number of nitrogens with one attached hydrogen (secondary N) is 1. The van der Waals surface area contributed by atoms with Gasteiger partial charge in [0, 0.05) is 30.5 Å². The van der Waals surface area contributed by atoms with E-state index >= 15 is 0 Å². The molecule has 1 aromatic rings. The number of nitrogens with zero attached hydrogens (tertiary/aromatic N) is 2. The number of hydrogen-bond donors (Lipinski definition) is 2. The van der Waals surface area contributed by atoms with Crippen LogP contribution in [0.5, 0.6) is 0 Å². The highest BCUT2D eigenvalue weighted by Gasteiger charge is 2.15. The van der Waals surface area contributed by atoms with Gasteiger partial charge < -0.3 is 11.1 Å². The fourth-order valence-corrected chi connectivity index (χ4v) is 1.79. The topological polar surface area (TPSA) is 63.8 Å². The quantitative estimate of drug-likeness (QED) is 0.757. The number of aromatic nitrogens is 2. The fraction of sp³-hybridized carbons (Fsp3) is 0.600. The lowest BCUT2D eigenvalue weighted by Gasteiger charge is -2.11. The summed E-state index contributed by atoms with van der Waals surface area (Å²) in [7, 11) is 0. The maximum absolute atomic E-state index is 5.46. The van der Waals surface area contributed by atoms with Gasteiger partial charge in [-0.25, -0.2) is 9.97 Å². The summed E-state index contributed by atoms with van der Waals surface area (Å²) in [6.45, 7) is 0.504. The summed E-state index contributed by atoms with van der Waals surface area (Å²) in [6.07, 6.45) is 8.68. The molecule has 14 heavy (non-hydrogen) atoms. The number of nitrogens with two attached hydrogens (primary N) is 1. The van der Waals surface area contributed by atoms with E-state index in [9.17, 15) is 0 Å². The molecule has 1 aliphatic rings. The van der Waals surface area contributed by atoms with E-state index in [4.69, 9.17) is 5.73 Å². The zero-order valence-electron chi connectivity index (χ0n) is 8.24. The van der Waals surface area contributed by atoms with E-state index in [0.29, 0.717) is 12.6 Å². The van der Waals surface area contributed by atoms with E-state index in [-0.39, 0.29) is 0 Å². The Kier molecular flexibility index (Phi) is 2.93. The van der Waals surface area contributed by atoms with Crippen LogP contribution < -0.4 is 11.1 Å². The predicted molar refractivity (Wildman–Crippen MR) is 55.8 cm³/mol. The third-order valence-electron chi connectivity index (χ3n) is 2.63. The van der Waals surface area contributed by atoms with Gasteiger partial charge in [0.2, 0.25) is 5.95 Å². The summed E-state index contributed by atoms with van der Waals surface area (Å²) in [5.41, 5.74) is 6.44.